The van der Waals surface area contributed by atoms with Crippen LogP contribution in [-0.2, 0) is 0 Å². The van der Waals surface area contributed by atoms with Gasteiger partial charge < -0.3 is 10.5 Å². The van der Waals surface area contributed by atoms with Crippen molar-refractivity contribution in [2.24, 2.45) is 5.16 Å². The Hall–Kier alpha value is -1.58. The molecule has 1 aromatic rings. The SMILES string of the molecule is CCCNc1ncc(C=NO)cc1C. The van der Waals surface area contributed by atoms with E-state index in [1.54, 1.807) is 6.20 Å². The van der Waals surface area contributed by atoms with E-state index in [1.807, 2.05) is 13.0 Å². The maximum absolute atomic E-state index is 8.35. The third-order valence-corrected chi connectivity index (χ3v) is 1.85. The van der Waals surface area contributed by atoms with Gasteiger partial charge in [0, 0.05) is 18.3 Å². The second-order valence-corrected chi connectivity index (χ2v) is 3.11. The predicted octanol–water partition coefficient (Wildman–Crippen LogP) is 2.02. The molecule has 4 heteroatoms. The van der Waals surface area contributed by atoms with Crippen LogP contribution in [0.25, 0.3) is 0 Å². The first kappa shape index (κ1) is 10.5. The molecular weight excluding hydrogens is 178 g/mol. The van der Waals surface area contributed by atoms with Gasteiger partial charge in [-0.3, -0.25) is 0 Å². The van der Waals surface area contributed by atoms with Gasteiger partial charge in [0.2, 0.25) is 0 Å². The van der Waals surface area contributed by atoms with E-state index in [0.29, 0.717) is 0 Å². The lowest BCUT2D eigenvalue weighted by atomic mass is 10.2. The Balaban J connectivity index is 2.79. The van der Waals surface area contributed by atoms with E-state index in [9.17, 15) is 0 Å². The number of nitrogens with zero attached hydrogens (tertiary/aromatic N) is 2. The van der Waals surface area contributed by atoms with Gasteiger partial charge in [-0.25, -0.2) is 4.98 Å². The van der Waals surface area contributed by atoms with Gasteiger partial charge in [0.05, 0.1) is 6.21 Å². The molecule has 0 aliphatic rings. The summed E-state index contributed by atoms with van der Waals surface area (Å²) >= 11 is 0. The molecule has 0 saturated carbocycles. The Bertz CT molecular complexity index is 323. The highest BCUT2D eigenvalue weighted by Gasteiger charge is 1.99. The van der Waals surface area contributed by atoms with E-state index in [1.165, 1.54) is 6.21 Å². The Morgan fingerprint density at radius 3 is 3.00 bits per heavy atom. The molecule has 0 bridgehead atoms. The largest absolute Gasteiger partial charge is 0.411 e. The third-order valence-electron chi connectivity index (χ3n) is 1.85. The Morgan fingerprint density at radius 1 is 1.64 bits per heavy atom. The monoisotopic (exact) mass is 193 g/mol. The molecule has 4 nitrogen and oxygen atoms in total. The van der Waals surface area contributed by atoms with Crippen LogP contribution in [0.15, 0.2) is 17.4 Å². The van der Waals surface area contributed by atoms with E-state index in [4.69, 9.17) is 5.21 Å². The van der Waals surface area contributed by atoms with Crippen LogP contribution in [0.3, 0.4) is 0 Å². The number of aryl methyl sites for hydroxylation is 1. The lowest BCUT2D eigenvalue weighted by Gasteiger charge is -2.07. The van der Waals surface area contributed by atoms with Crippen molar-refractivity contribution in [3.63, 3.8) is 0 Å². The fourth-order valence-electron chi connectivity index (χ4n) is 1.16. The van der Waals surface area contributed by atoms with Crippen LogP contribution >= 0.6 is 0 Å². The molecule has 2 N–H and O–H groups in total. The number of rotatable bonds is 4. The Morgan fingerprint density at radius 2 is 2.43 bits per heavy atom. The van der Waals surface area contributed by atoms with Crippen LogP contribution < -0.4 is 5.32 Å². The molecule has 0 aromatic carbocycles. The zero-order chi connectivity index (χ0) is 10.4. The zero-order valence-corrected chi connectivity index (χ0v) is 8.49. The molecule has 0 spiro atoms. The molecule has 0 fully saturated rings. The van der Waals surface area contributed by atoms with Crippen LogP contribution in [0.4, 0.5) is 5.82 Å². The summed E-state index contributed by atoms with van der Waals surface area (Å²) in [6.45, 7) is 5.00. The smallest absolute Gasteiger partial charge is 0.128 e. The maximum Gasteiger partial charge on any atom is 0.128 e. The highest BCUT2D eigenvalue weighted by Crippen LogP contribution is 2.11. The van der Waals surface area contributed by atoms with Gasteiger partial charge in [-0.05, 0) is 25.0 Å². The van der Waals surface area contributed by atoms with Crippen molar-refractivity contribution in [1.82, 2.24) is 4.98 Å². The molecule has 0 radical (unpaired) electrons. The molecule has 0 atom stereocenters. The summed E-state index contributed by atoms with van der Waals surface area (Å²) in [5.74, 6) is 0.891. The average Bonchev–Trinajstić information content (AvgIpc) is 2.17. The summed E-state index contributed by atoms with van der Waals surface area (Å²) in [7, 11) is 0. The number of oxime groups is 1. The molecule has 1 rings (SSSR count). The van der Waals surface area contributed by atoms with Crippen molar-refractivity contribution in [2.45, 2.75) is 20.3 Å². The number of anilines is 1. The van der Waals surface area contributed by atoms with Crippen LogP contribution in [0.5, 0.6) is 0 Å². The normalized spacial score (nSPS) is 10.7. The van der Waals surface area contributed by atoms with Gasteiger partial charge in [-0.1, -0.05) is 12.1 Å². The molecule has 1 heterocycles. The summed E-state index contributed by atoms with van der Waals surface area (Å²) in [4.78, 5) is 4.22. The molecule has 0 amide bonds. The molecule has 76 valence electrons. The Kier molecular flexibility index (Phi) is 3.91. The number of pyridine rings is 1. The first-order valence-corrected chi connectivity index (χ1v) is 4.66. The van der Waals surface area contributed by atoms with Crippen molar-refractivity contribution < 1.29 is 5.21 Å². The van der Waals surface area contributed by atoms with Crippen LogP contribution in [0.2, 0.25) is 0 Å². The highest BCUT2D eigenvalue weighted by molar-refractivity contribution is 5.79. The summed E-state index contributed by atoms with van der Waals surface area (Å²) in [6.07, 6.45) is 4.11. The second kappa shape index (κ2) is 5.21. The van der Waals surface area contributed by atoms with Gasteiger partial charge in [-0.15, -0.1) is 0 Å². The number of aromatic nitrogens is 1. The standard InChI is InChI=1S/C10H15N3O/c1-3-4-11-10-8(2)5-9(6-12-10)7-13-14/h5-7,14H,3-4H2,1-2H3,(H,11,12). The maximum atomic E-state index is 8.35. The van der Waals surface area contributed by atoms with Gasteiger partial charge in [-0.2, -0.15) is 0 Å². The first-order chi connectivity index (χ1) is 6.77. The zero-order valence-electron chi connectivity index (χ0n) is 8.49. The van der Waals surface area contributed by atoms with Crippen molar-refractivity contribution >= 4 is 12.0 Å². The van der Waals surface area contributed by atoms with E-state index in [2.05, 4.69) is 22.4 Å². The average molecular weight is 193 g/mol. The van der Waals surface area contributed by atoms with Crippen molar-refractivity contribution in [2.75, 3.05) is 11.9 Å². The van der Waals surface area contributed by atoms with Crippen LogP contribution in [0, 0.1) is 6.92 Å². The minimum atomic E-state index is 0.798. The molecular formula is C10H15N3O. The van der Waals surface area contributed by atoms with E-state index in [-0.39, 0.29) is 0 Å². The molecule has 14 heavy (non-hydrogen) atoms. The van der Waals surface area contributed by atoms with Gasteiger partial charge in [0.15, 0.2) is 0 Å². The molecule has 0 aliphatic carbocycles. The first-order valence-electron chi connectivity index (χ1n) is 4.66. The molecule has 0 unspecified atom stereocenters. The van der Waals surface area contributed by atoms with E-state index >= 15 is 0 Å². The quantitative estimate of drug-likeness (QED) is 0.437. The molecule has 0 aliphatic heterocycles. The minimum Gasteiger partial charge on any atom is -0.411 e. The van der Waals surface area contributed by atoms with Crippen LogP contribution in [0.1, 0.15) is 24.5 Å². The molecule has 1 aromatic heterocycles. The van der Waals surface area contributed by atoms with E-state index in [0.717, 1.165) is 29.9 Å². The predicted molar refractivity (Wildman–Crippen MR) is 57.1 cm³/mol. The van der Waals surface area contributed by atoms with Crippen molar-refractivity contribution in [1.29, 1.82) is 0 Å². The minimum absolute atomic E-state index is 0.798. The van der Waals surface area contributed by atoms with Gasteiger partial charge >= 0.3 is 0 Å². The number of hydrogen-bond acceptors (Lipinski definition) is 4. The summed E-state index contributed by atoms with van der Waals surface area (Å²) in [5.41, 5.74) is 1.85. The summed E-state index contributed by atoms with van der Waals surface area (Å²) < 4.78 is 0. The number of hydrogen-bond donors (Lipinski definition) is 2. The topological polar surface area (TPSA) is 57.5 Å². The third kappa shape index (κ3) is 2.73. The van der Waals surface area contributed by atoms with Crippen LogP contribution in [-0.4, -0.2) is 23.0 Å². The van der Waals surface area contributed by atoms with Gasteiger partial charge in [0.25, 0.3) is 0 Å². The van der Waals surface area contributed by atoms with Crippen molar-refractivity contribution in [3.8, 4) is 0 Å². The lowest BCUT2D eigenvalue weighted by molar-refractivity contribution is 0.322. The van der Waals surface area contributed by atoms with Crippen molar-refractivity contribution in [3.05, 3.63) is 23.4 Å². The highest BCUT2D eigenvalue weighted by atomic mass is 16.4. The fraction of sp³-hybridized carbons (Fsp3) is 0.400. The Labute approximate surface area is 83.7 Å². The summed E-state index contributed by atoms with van der Waals surface area (Å²) in [6, 6.07) is 1.92. The lowest BCUT2D eigenvalue weighted by Crippen LogP contribution is -2.04. The fourth-order valence-corrected chi connectivity index (χ4v) is 1.16. The van der Waals surface area contributed by atoms with E-state index < -0.39 is 0 Å². The second-order valence-electron chi connectivity index (χ2n) is 3.11. The summed E-state index contributed by atoms with van der Waals surface area (Å²) in [5, 5.41) is 14.5. The molecule has 0 saturated heterocycles. The van der Waals surface area contributed by atoms with Gasteiger partial charge in [0.1, 0.15) is 5.82 Å². The number of nitrogens with one attached hydrogen (secondary N) is 1.